The molecule has 24 heavy (non-hydrogen) atoms. The van der Waals surface area contributed by atoms with Gasteiger partial charge in [0.05, 0.1) is 26.5 Å². The Kier molecular flexibility index (Phi) is 6.93. The Morgan fingerprint density at radius 3 is 2.54 bits per heavy atom. The first kappa shape index (κ1) is 18.6. The molecule has 2 aromatic rings. The Morgan fingerprint density at radius 2 is 1.88 bits per heavy atom. The number of hydrogen-bond donors (Lipinski definition) is 1. The Hall–Kier alpha value is -1.73. The number of methoxy groups -OCH3 is 2. The van der Waals surface area contributed by atoms with Crippen LogP contribution in [0.2, 0.25) is 0 Å². The lowest BCUT2D eigenvalue weighted by molar-refractivity contribution is 0.251. The number of ether oxygens (including phenoxy) is 2. The van der Waals surface area contributed by atoms with Crippen molar-refractivity contribution < 1.29 is 22.7 Å². The van der Waals surface area contributed by atoms with Crippen molar-refractivity contribution in [1.82, 2.24) is 5.32 Å². The van der Waals surface area contributed by atoms with Gasteiger partial charge < -0.3 is 19.2 Å². The molecule has 0 aliphatic rings. The largest absolute Gasteiger partial charge is 0.497 e. The molecule has 0 aliphatic heterocycles. The van der Waals surface area contributed by atoms with Gasteiger partial charge in [-0.15, -0.1) is 0 Å². The van der Waals surface area contributed by atoms with Gasteiger partial charge in [-0.05, 0) is 37.3 Å². The number of rotatable bonds is 9. The number of benzene rings is 1. The second-order valence-corrected chi connectivity index (χ2v) is 6.13. The zero-order valence-electron chi connectivity index (χ0n) is 13.8. The van der Waals surface area contributed by atoms with Gasteiger partial charge in [0.1, 0.15) is 23.0 Å². The molecule has 0 fully saturated rings. The van der Waals surface area contributed by atoms with Crippen LogP contribution in [0.15, 0.2) is 34.7 Å². The maximum absolute atomic E-state index is 12.2. The van der Waals surface area contributed by atoms with E-state index in [9.17, 15) is 8.78 Å². The van der Waals surface area contributed by atoms with Crippen LogP contribution >= 0.6 is 11.8 Å². The minimum absolute atomic E-state index is 0.000890. The van der Waals surface area contributed by atoms with E-state index in [4.69, 9.17) is 13.9 Å². The molecule has 0 aliphatic carbocycles. The van der Waals surface area contributed by atoms with Crippen molar-refractivity contribution in [3.63, 3.8) is 0 Å². The van der Waals surface area contributed by atoms with Crippen LogP contribution in [0.1, 0.15) is 30.0 Å². The molecule has 0 radical (unpaired) electrons. The van der Waals surface area contributed by atoms with Crippen molar-refractivity contribution in [3.05, 3.63) is 47.4 Å². The number of halogens is 2. The standard InChI is InChI=1S/C17H21F2NO3S/c1-11(15-8-12(21-2)6-7-16(15)22-3)20-9-13-4-5-14(23-13)10-24-17(18)19/h4-8,11,17,20H,9-10H2,1-3H3. The van der Waals surface area contributed by atoms with Crippen molar-refractivity contribution in [2.75, 3.05) is 14.2 Å². The van der Waals surface area contributed by atoms with Gasteiger partial charge in [-0.1, -0.05) is 11.8 Å². The maximum Gasteiger partial charge on any atom is 0.284 e. The quantitative estimate of drug-likeness (QED) is 0.710. The fourth-order valence-electron chi connectivity index (χ4n) is 2.28. The fraction of sp³-hybridized carbons (Fsp3) is 0.412. The lowest BCUT2D eigenvalue weighted by atomic mass is 10.1. The van der Waals surface area contributed by atoms with Crippen molar-refractivity contribution in [2.45, 2.75) is 31.0 Å². The Bertz CT molecular complexity index is 649. The highest BCUT2D eigenvalue weighted by Crippen LogP contribution is 2.29. The first-order chi connectivity index (χ1) is 11.5. The molecule has 7 heteroatoms. The van der Waals surface area contributed by atoms with Crippen LogP contribution in [-0.4, -0.2) is 20.0 Å². The Balaban J connectivity index is 1.96. The zero-order chi connectivity index (χ0) is 17.5. The van der Waals surface area contributed by atoms with Gasteiger partial charge in [-0.2, -0.15) is 8.78 Å². The Labute approximate surface area is 144 Å². The molecule has 2 rings (SSSR count). The molecule has 0 amide bonds. The molecule has 1 N–H and O–H groups in total. The SMILES string of the molecule is COc1ccc(OC)c(C(C)NCc2ccc(CSC(F)F)o2)c1. The third kappa shape index (κ3) is 5.14. The molecule has 0 spiro atoms. The van der Waals surface area contributed by atoms with Crippen LogP contribution in [-0.2, 0) is 12.3 Å². The number of furan rings is 1. The fourth-order valence-corrected chi connectivity index (χ4v) is 2.73. The molecule has 1 aromatic carbocycles. The molecule has 132 valence electrons. The highest BCUT2D eigenvalue weighted by molar-refractivity contribution is 7.98. The van der Waals surface area contributed by atoms with E-state index >= 15 is 0 Å². The molecule has 0 bridgehead atoms. The maximum atomic E-state index is 12.2. The van der Waals surface area contributed by atoms with E-state index in [2.05, 4.69) is 5.32 Å². The molecule has 4 nitrogen and oxygen atoms in total. The van der Waals surface area contributed by atoms with Gasteiger partial charge in [0, 0.05) is 11.6 Å². The van der Waals surface area contributed by atoms with Crippen molar-refractivity contribution in [1.29, 1.82) is 0 Å². The minimum Gasteiger partial charge on any atom is -0.497 e. The molecular formula is C17H21F2NO3S. The Morgan fingerprint density at radius 1 is 1.12 bits per heavy atom. The van der Waals surface area contributed by atoms with Crippen LogP contribution < -0.4 is 14.8 Å². The van der Waals surface area contributed by atoms with E-state index in [-0.39, 0.29) is 11.8 Å². The van der Waals surface area contributed by atoms with Gasteiger partial charge in [0.2, 0.25) is 0 Å². The van der Waals surface area contributed by atoms with Gasteiger partial charge in [-0.3, -0.25) is 0 Å². The average Bonchev–Trinajstić information content (AvgIpc) is 3.05. The number of nitrogens with one attached hydrogen (secondary N) is 1. The summed E-state index contributed by atoms with van der Waals surface area (Å²) in [5.74, 6) is 0.541. The predicted octanol–water partition coefficient (Wildman–Crippen LogP) is 4.60. The van der Waals surface area contributed by atoms with E-state index in [0.717, 1.165) is 17.1 Å². The van der Waals surface area contributed by atoms with Crippen molar-refractivity contribution in [2.24, 2.45) is 0 Å². The summed E-state index contributed by atoms with van der Waals surface area (Å²) in [6, 6.07) is 9.14. The first-order valence-corrected chi connectivity index (χ1v) is 8.51. The molecule has 0 saturated heterocycles. The van der Waals surface area contributed by atoms with Crippen LogP contribution in [0, 0.1) is 0 Å². The third-order valence-electron chi connectivity index (χ3n) is 3.55. The summed E-state index contributed by atoms with van der Waals surface area (Å²) in [6.45, 7) is 2.49. The summed E-state index contributed by atoms with van der Waals surface area (Å²) < 4.78 is 40.6. The van der Waals surface area contributed by atoms with Crippen molar-refractivity contribution in [3.8, 4) is 11.5 Å². The normalized spacial score (nSPS) is 12.4. The average molecular weight is 357 g/mol. The summed E-state index contributed by atoms with van der Waals surface area (Å²) in [4.78, 5) is 0. The summed E-state index contributed by atoms with van der Waals surface area (Å²) in [7, 11) is 3.24. The smallest absolute Gasteiger partial charge is 0.284 e. The predicted molar refractivity (Wildman–Crippen MR) is 90.8 cm³/mol. The van der Waals surface area contributed by atoms with Gasteiger partial charge >= 0.3 is 0 Å². The molecule has 1 atom stereocenters. The molecule has 1 unspecified atom stereocenters. The molecule has 1 aromatic heterocycles. The first-order valence-electron chi connectivity index (χ1n) is 7.46. The van der Waals surface area contributed by atoms with E-state index in [0.29, 0.717) is 29.8 Å². The molecule has 1 heterocycles. The summed E-state index contributed by atoms with van der Waals surface area (Å²) in [5.41, 5.74) is 0.969. The zero-order valence-corrected chi connectivity index (χ0v) is 14.7. The molecule has 0 saturated carbocycles. The van der Waals surface area contributed by atoms with Crippen LogP contribution in [0.5, 0.6) is 11.5 Å². The van der Waals surface area contributed by atoms with E-state index in [1.54, 1.807) is 26.4 Å². The van der Waals surface area contributed by atoms with Crippen LogP contribution in [0.3, 0.4) is 0 Å². The van der Waals surface area contributed by atoms with Gasteiger partial charge in [0.15, 0.2) is 0 Å². The van der Waals surface area contributed by atoms with E-state index in [1.165, 1.54) is 0 Å². The second-order valence-electron chi connectivity index (χ2n) is 5.15. The van der Waals surface area contributed by atoms with E-state index in [1.807, 2.05) is 25.1 Å². The molecular weight excluding hydrogens is 336 g/mol. The summed E-state index contributed by atoms with van der Waals surface area (Å²) >= 11 is 0.550. The minimum atomic E-state index is -2.39. The third-order valence-corrected chi connectivity index (χ3v) is 4.26. The van der Waals surface area contributed by atoms with E-state index < -0.39 is 5.76 Å². The monoisotopic (exact) mass is 357 g/mol. The van der Waals surface area contributed by atoms with Crippen LogP contribution in [0.25, 0.3) is 0 Å². The second kappa shape index (κ2) is 8.94. The topological polar surface area (TPSA) is 43.6 Å². The van der Waals surface area contributed by atoms with Crippen molar-refractivity contribution >= 4 is 11.8 Å². The number of alkyl halides is 2. The number of hydrogen-bond acceptors (Lipinski definition) is 5. The lowest BCUT2D eigenvalue weighted by Crippen LogP contribution is -2.18. The van der Waals surface area contributed by atoms with Crippen LogP contribution in [0.4, 0.5) is 8.78 Å². The lowest BCUT2D eigenvalue weighted by Gasteiger charge is -2.17. The summed E-state index contributed by atoms with van der Waals surface area (Å²) in [6.07, 6.45) is 0. The van der Waals surface area contributed by atoms with Gasteiger partial charge in [0.25, 0.3) is 5.76 Å². The van der Waals surface area contributed by atoms with Gasteiger partial charge in [-0.25, -0.2) is 0 Å². The number of thioether (sulfide) groups is 1. The summed E-state index contributed by atoms with van der Waals surface area (Å²) in [5, 5.41) is 3.34. The highest BCUT2D eigenvalue weighted by Gasteiger charge is 2.14. The highest BCUT2D eigenvalue weighted by atomic mass is 32.2.